The lowest BCUT2D eigenvalue weighted by Gasteiger charge is -2.14. The zero-order valence-electron chi connectivity index (χ0n) is 12.8. The highest BCUT2D eigenvalue weighted by molar-refractivity contribution is 6.27. The van der Waals surface area contributed by atoms with Crippen molar-refractivity contribution in [2.75, 3.05) is 11.6 Å². The number of nitro benzene ring substituents is 1. The summed E-state index contributed by atoms with van der Waals surface area (Å²) in [5, 5.41) is 16.2. The van der Waals surface area contributed by atoms with Gasteiger partial charge in [0.05, 0.1) is 16.3 Å². The molecular formula is C15H18N4O3. The Balaban J connectivity index is 2.24. The number of nitrogens with zero attached hydrogens (tertiary/aromatic N) is 4. The summed E-state index contributed by atoms with van der Waals surface area (Å²) in [7, 11) is 0. The number of hydrazone groups is 1. The number of hydrogen-bond donors (Lipinski definition) is 0. The number of aliphatic imine (C=N–C) groups is 1. The van der Waals surface area contributed by atoms with Gasteiger partial charge in [0.25, 0.3) is 11.6 Å². The Hall–Kier alpha value is -2.57. The molecule has 0 radical (unpaired) electrons. The molecule has 1 heterocycles. The lowest BCUT2D eigenvalue weighted by molar-refractivity contribution is -0.384. The summed E-state index contributed by atoms with van der Waals surface area (Å²) in [6.45, 7) is 6.33. The monoisotopic (exact) mass is 302 g/mol. The lowest BCUT2D eigenvalue weighted by Crippen LogP contribution is -2.31. The quantitative estimate of drug-likeness (QED) is 0.476. The first kappa shape index (κ1) is 15.8. The maximum absolute atomic E-state index is 12.5. The first-order valence-corrected chi connectivity index (χ1v) is 7.10. The summed E-state index contributed by atoms with van der Waals surface area (Å²) >= 11 is 0. The van der Waals surface area contributed by atoms with Crippen molar-refractivity contribution in [3.05, 3.63) is 34.4 Å². The predicted molar refractivity (Wildman–Crippen MR) is 85.4 cm³/mol. The van der Waals surface area contributed by atoms with Gasteiger partial charge in [0.2, 0.25) is 0 Å². The van der Waals surface area contributed by atoms with E-state index in [2.05, 4.69) is 10.1 Å². The number of anilines is 1. The van der Waals surface area contributed by atoms with Crippen LogP contribution in [0, 0.1) is 16.0 Å². The van der Waals surface area contributed by atoms with E-state index in [0.717, 1.165) is 12.1 Å². The van der Waals surface area contributed by atoms with Gasteiger partial charge < -0.3 is 0 Å². The molecule has 2 rings (SSSR count). The van der Waals surface area contributed by atoms with Crippen LogP contribution in [0.2, 0.25) is 0 Å². The minimum Gasteiger partial charge on any atom is -0.293 e. The molecule has 0 aliphatic carbocycles. The van der Waals surface area contributed by atoms with Crippen molar-refractivity contribution in [3.63, 3.8) is 0 Å². The van der Waals surface area contributed by atoms with E-state index in [-0.39, 0.29) is 11.6 Å². The van der Waals surface area contributed by atoms with E-state index in [1.807, 2.05) is 13.8 Å². The Kier molecular flexibility index (Phi) is 4.65. The van der Waals surface area contributed by atoms with Crippen LogP contribution in [0.5, 0.6) is 0 Å². The molecule has 0 saturated heterocycles. The highest BCUT2D eigenvalue weighted by Gasteiger charge is 2.36. The fourth-order valence-electron chi connectivity index (χ4n) is 2.33. The Morgan fingerprint density at radius 2 is 2.05 bits per heavy atom. The van der Waals surface area contributed by atoms with E-state index in [9.17, 15) is 14.9 Å². The maximum atomic E-state index is 12.5. The van der Waals surface area contributed by atoms with Crippen LogP contribution in [0.3, 0.4) is 0 Å². The average molecular weight is 302 g/mol. The SMILES string of the molecule is CCCN=C(C)C1C(=O)N(c2ccc([N+](=O)[O-])cc2)N=C1C. The molecule has 1 aromatic rings. The maximum Gasteiger partial charge on any atom is 0.269 e. The number of carbonyl (C=O) groups excluding carboxylic acids is 1. The normalized spacial score (nSPS) is 18.6. The first-order valence-electron chi connectivity index (χ1n) is 7.10. The summed E-state index contributed by atoms with van der Waals surface area (Å²) in [4.78, 5) is 27.1. The molecule has 1 atom stereocenters. The van der Waals surface area contributed by atoms with Crippen molar-refractivity contribution >= 4 is 28.7 Å². The molecule has 22 heavy (non-hydrogen) atoms. The van der Waals surface area contributed by atoms with Gasteiger partial charge >= 0.3 is 0 Å². The van der Waals surface area contributed by atoms with Gasteiger partial charge in [-0.05, 0) is 32.4 Å². The van der Waals surface area contributed by atoms with Gasteiger partial charge in [-0.1, -0.05) is 6.92 Å². The number of nitro groups is 1. The van der Waals surface area contributed by atoms with E-state index in [0.29, 0.717) is 17.9 Å². The van der Waals surface area contributed by atoms with Crippen LogP contribution in [-0.4, -0.2) is 28.8 Å². The third-order valence-corrected chi connectivity index (χ3v) is 3.44. The molecule has 1 unspecified atom stereocenters. The molecule has 7 heteroatoms. The molecule has 7 nitrogen and oxygen atoms in total. The molecule has 1 aliphatic rings. The fraction of sp³-hybridized carbons (Fsp3) is 0.400. The van der Waals surface area contributed by atoms with Crippen LogP contribution in [0.1, 0.15) is 27.2 Å². The van der Waals surface area contributed by atoms with Crippen molar-refractivity contribution in [1.82, 2.24) is 0 Å². The molecule has 0 aromatic heterocycles. The molecular weight excluding hydrogens is 284 g/mol. The first-order chi connectivity index (χ1) is 10.5. The number of non-ortho nitro benzene ring substituents is 1. The van der Waals surface area contributed by atoms with Gasteiger partial charge in [0.15, 0.2) is 0 Å². The highest BCUT2D eigenvalue weighted by atomic mass is 16.6. The van der Waals surface area contributed by atoms with E-state index in [4.69, 9.17) is 0 Å². The summed E-state index contributed by atoms with van der Waals surface area (Å²) in [6.07, 6.45) is 0.917. The molecule has 1 amide bonds. The third kappa shape index (κ3) is 3.03. The Morgan fingerprint density at radius 1 is 1.41 bits per heavy atom. The number of hydrogen-bond acceptors (Lipinski definition) is 5. The van der Waals surface area contributed by atoms with Crippen molar-refractivity contribution in [2.24, 2.45) is 16.0 Å². The van der Waals surface area contributed by atoms with Gasteiger partial charge in [-0.2, -0.15) is 10.1 Å². The molecule has 0 bridgehead atoms. The van der Waals surface area contributed by atoms with Gasteiger partial charge in [-0.25, -0.2) is 0 Å². The minimum absolute atomic E-state index is 0.0201. The van der Waals surface area contributed by atoms with Crippen LogP contribution in [0.15, 0.2) is 34.4 Å². The molecule has 0 N–H and O–H groups in total. The van der Waals surface area contributed by atoms with E-state index < -0.39 is 10.8 Å². The van der Waals surface area contributed by atoms with Crippen LogP contribution in [0.4, 0.5) is 11.4 Å². The van der Waals surface area contributed by atoms with Gasteiger partial charge in [-0.3, -0.25) is 19.9 Å². The van der Waals surface area contributed by atoms with Gasteiger partial charge in [-0.15, -0.1) is 0 Å². The van der Waals surface area contributed by atoms with Crippen molar-refractivity contribution in [3.8, 4) is 0 Å². The van der Waals surface area contributed by atoms with E-state index >= 15 is 0 Å². The van der Waals surface area contributed by atoms with Crippen LogP contribution in [-0.2, 0) is 4.79 Å². The molecule has 0 fully saturated rings. The summed E-state index contributed by atoms with van der Waals surface area (Å²) < 4.78 is 0. The van der Waals surface area contributed by atoms with Crippen molar-refractivity contribution in [1.29, 1.82) is 0 Å². The van der Waals surface area contributed by atoms with E-state index in [1.165, 1.54) is 29.3 Å². The van der Waals surface area contributed by atoms with Crippen LogP contribution < -0.4 is 5.01 Å². The zero-order chi connectivity index (χ0) is 16.3. The molecule has 0 saturated carbocycles. The zero-order valence-corrected chi connectivity index (χ0v) is 12.8. The smallest absolute Gasteiger partial charge is 0.269 e. The van der Waals surface area contributed by atoms with Gasteiger partial charge in [0, 0.05) is 24.4 Å². The largest absolute Gasteiger partial charge is 0.293 e. The van der Waals surface area contributed by atoms with Crippen LogP contribution in [0.25, 0.3) is 0 Å². The van der Waals surface area contributed by atoms with Crippen molar-refractivity contribution in [2.45, 2.75) is 27.2 Å². The molecule has 1 aromatic carbocycles. The topological polar surface area (TPSA) is 88.2 Å². The Morgan fingerprint density at radius 3 is 2.59 bits per heavy atom. The Bertz CT molecular complexity index is 649. The number of carbonyl (C=O) groups is 1. The van der Waals surface area contributed by atoms with Gasteiger partial charge in [0.1, 0.15) is 5.92 Å². The van der Waals surface area contributed by atoms with E-state index in [1.54, 1.807) is 6.92 Å². The molecule has 0 spiro atoms. The second-order valence-electron chi connectivity index (χ2n) is 5.12. The summed E-state index contributed by atoms with van der Waals surface area (Å²) in [6, 6.07) is 5.76. The van der Waals surface area contributed by atoms with Crippen LogP contribution >= 0.6 is 0 Å². The molecule has 116 valence electrons. The minimum atomic E-state index is -0.478. The standard InChI is InChI=1S/C15H18N4O3/c1-4-9-16-10(2)14-11(3)17-18(15(14)20)12-5-7-13(8-6-12)19(21)22/h5-8,14H,4,9H2,1-3H3. The summed E-state index contributed by atoms with van der Waals surface area (Å²) in [5.41, 5.74) is 1.92. The number of benzene rings is 1. The third-order valence-electron chi connectivity index (χ3n) is 3.44. The Labute approximate surface area is 128 Å². The fourth-order valence-corrected chi connectivity index (χ4v) is 2.33. The number of amides is 1. The molecule has 1 aliphatic heterocycles. The highest BCUT2D eigenvalue weighted by Crippen LogP contribution is 2.26. The lowest BCUT2D eigenvalue weighted by atomic mass is 9.99. The number of rotatable bonds is 5. The second-order valence-corrected chi connectivity index (χ2v) is 5.12. The predicted octanol–water partition coefficient (Wildman–Crippen LogP) is 2.80. The average Bonchev–Trinajstić information content (AvgIpc) is 2.80. The second kappa shape index (κ2) is 6.46. The summed E-state index contributed by atoms with van der Waals surface area (Å²) in [5.74, 6) is -0.620. The van der Waals surface area contributed by atoms with Crippen molar-refractivity contribution < 1.29 is 9.72 Å².